The van der Waals surface area contributed by atoms with Crippen molar-refractivity contribution in [3.05, 3.63) is 48.4 Å². The van der Waals surface area contributed by atoms with Crippen molar-refractivity contribution < 1.29 is 22.3 Å². The molecule has 1 saturated heterocycles. The number of morpholine rings is 1. The van der Waals surface area contributed by atoms with Gasteiger partial charge >= 0.3 is 0 Å². The van der Waals surface area contributed by atoms with Gasteiger partial charge in [-0.1, -0.05) is 13.8 Å². The van der Waals surface area contributed by atoms with E-state index < -0.39 is 10.0 Å². The summed E-state index contributed by atoms with van der Waals surface area (Å²) in [4.78, 5) is 2.39. The number of benzene rings is 1. The van der Waals surface area contributed by atoms with Gasteiger partial charge in [-0.2, -0.15) is 0 Å². The van der Waals surface area contributed by atoms with Crippen molar-refractivity contribution >= 4 is 10.0 Å². The maximum atomic E-state index is 12.7. The van der Waals surface area contributed by atoms with Gasteiger partial charge in [-0.25, -0.2) is 13.1 Å². The van der Waals surface area contributed by atoms with Crippen LogP contribution < -0.4 is 9.46 Å². The molecule has 0 spiro atoms. The van der Waals surface area contributed by atoms with E-state index >= 15 is 0 Å². The molecule has 2 aromatic rings. The Kier molecular flexibility index (Phi) is 7.12. The highest BCUT2D eigenvalue weighted by atomic mass is 32.2. The molecule has 3 rings (SSSR count). The van der Waals surface area contributed by atoms with Crippen molar-refractivity contribution in [1.82, 2.24) is 9.62 Å². The molecule has 2 heterocycles. The van der Waals surface area contributed by atoms with Crippen LogP contribution in [0.15, 0.2) is 52.0 Å². The number of sulfonamides is 1. The number of nitrogens with one attached hydrogen (secondary N) is 1. The molecular formula is C20H28N2O5S. The molecule has 0 radical (unpaired) electrons. The fourth-order valence-electron chi connectivity index (χ4n) is 3.03. The highest BCUT2D eigenvalue weighted by Crippen LogP contribution is 2.23. The van der Waals surface area contributed by atoms with Crippen LogP contribution in [0.25, 0.3) is 0 Å². The van der Waals surface area contributed by atoms with Crippen molar-refractivity contribution in [2.45, 2.75) is 24.8 Å². The molecule has 154 valence electrons. The van der Waals surface area contributed by atoms with Crippen molar-refractivity contribution in [3.8, 4) is 5.75 Å². The molecule has 0 amide bonds. The van der Waals surface area contributed by atoms with E-state index in [2.05, 4.69) is 23.5 Å². The Balaban J connectivity index is 1.66. The lowest BCUT2D eigenvalue weighted by molar-refractivity contribution is 0.0128. The number of furan rings is 1. The second-order valence-electron chi connectivity index (χ2n) is 7.21. The van der Waals surface area contributed by atoms with Crippen LogP contribution in [0.1, 0.15) is 25.6 Å². The van der Waals surface area contributed by atoms with Crippen LogP contribution in [-0.2, 0) is 14.8 Å². The molecule has 8 heteroatoms. The summed E-state index contributed by atoms with van der Waals surface area (Å²) >= 11 is 0. The highest BCUT2D eigenvalue weighted by molar-refractivity contribution is 7.89. The van der Waals surface area contributed by atoms with E-state index in [1.165, 1.54) is 0 Å². The van der Waals surface area contributed by atoms with Gasteiger partial charge in [0.15, 0.2) is 0 Å². The fourth-order valence-corrected chi connectivity index (χ4v) is 4.07. The van der Waals surface area contributed by atoms with Crippen LogP contribution in [-0.4, -0.2) is 52.8 Å². The molecular weight excluding hydrogens is 380 g/mol. The maximum Gasteiger partial charge on any atom is 0.240 e. The van der Waals surface area contributed by atoms with E-state index in [0.717, 1.165) is 18.8 Å². The zero-order valence-electron chi connectivity index (χ0n) is 16.3. The molecule has 1 unspecified atom stereocenters. The number of rotatable bonds is 9. The van der Waals surface area contributed by atoms with Crippen molar-refractivity contribution in [1.29, 1.82) is 0 Å². The van der Waals surface area contributed by atoms with Crippen LogP contribution in [0.5, 0.6) is 5.75 Å². The SMILES string of the molecule is CC(C)COc1ccc(S(=O)(=O)NCC(c2ccco2)N2CCOCC2)cc1. The minimum absolute atomic E-state index is 0.178. The van der Waals surface area contributed by atoms with Gasteiger partial charge < -0.3 is 13.9 Å². The summed E-state index contributed by atoms with van der Waals surface area (Å²) in [6.07, 6.45) is 1.60. The summed E-state index contributed by atoms with van der Waals surface area (Å²) in [5.74, 6) is 1.81. The molecule has 0 saturated carbocycles. The third-order valence-corrected chi connectivity index (χ3v) is 5.98. The molecule has 1 aliphatic rings. The lowest BCUT2D eigenvalue weighted by atomic mass is 10.2. The molecule has 0 bridgehead atoms. The Hall–Kier alpha value is -1.87. The van der Waals surface area contributed by atoms with Crippen molar-refractivity contribution in [2.75, 3.05) is 39.5 Å². The molecule has 1 aliphatic heterocycles. The van der Waals surface area contributed by atoms with E-state index in [-0.39, 0.29) is 17.5 Å². The fraction of sp³-hybridized carbons (Fsp3) is 0.500. The highest BCUT2D eigenvalue weighted by Gasteiger charge is 2.26. The van der Waals surface area contributed by atoms with Crippen LogP contribution in [0, 0.1) is 5.92 Å². The number of hydrogen-bond donors (Lipinski definition) is 1. The smallest absolute Gasteiger partial charge is 0.240 e. The summed E-state index contributed by atoms with van der Waals surface area (Å²) in [5.41, 5.74) is 0. The molecule has 1 N–H and O–H groups in total. The van der Waals surface area contributed by atoms with Crippen molar-refractivity contribution in [3.63, 3.8) is 0 Å². The largest absolute Gasteiger partial charge is 0.493 e. The Morgan fingerprint density at radius 3 is 2.46 bits per heavy atom. The second kappa shape index (κ2) is 9.56. The standard InChI is InChI=1S/C20H28N2O5S/c1-16(2)15-27-17-5-7-18(8-6-17)28(23,24)21-14-19(20-4-3-11-26-20)22-9-12-25-13-10-22/h3-8,11,16,19,21H,9-10,12-15H2,1-2H3. The Morgan fingerprint density at radius 2 is 1.86 bits per heavy atom. The van der Waals surface area contributed by atoms with E-state index in [4.69, 9.17) is 13.9 Å². The summed E-state index contributed by atoms with van der Waals surface area (Å²) < 4.78 is 44.8. The Labute approximate surface area is 166 Å². The third kappa shape index (κ3) is 5.57. The third-order valence-electron chi connectivity index (χ3n) is 4.54. The van der Waals surface area contributed by atoms with Gasteiger partial charge in [-0.3, -0.25) is 4.90 Å². The monoisotopic (exact) mass is 408 g/mol. The molecule has 28 heavy (non-hydrogen) atoms. The number of ether oxygens (including phenoxy) is 2. The zero-order chi connectivity index (χ0) is 20.0. The van der Waals surface area contributed by atoms with E-state index in [1.807, 2.05) is 12.1 Å². The minimum atomic E-state index is -3.64. The maximum absolute atomic E-state index is 12.7. The lowest BCUT2D eigenvalue weighted by Gasteiger charge is -2.33. The van der Waals surface area contributed by atoms with Crippen LogP contribution >= 0.6 is 0 Å². The quantitative estimate of drug-likeness (QED) is 0.687. The van der Waals surface area contributed by atoms with E-state index in [1.54, 1.807) is 30.5 Å². The van der Waals surface area contributed by atoms with Crippen LogP contribution in [0.2, 0.25) is 0 Å². The summed E-state index contributed by atoms with van der Waals surface area (Å²) in [6, 6.07) is 10.00. The average molecular weight is 409 g/mol. The summed E-state index contributed by atoms with van der Waals surface area (Å²) in [7, 11) is -3.64. The predicted octanol–water partition coefficient (Wildman–Crippen LogP) is 2.67. The first-order valence-corrected chi connectivity index (χ1v) is 11.0. The minimum Gasteiger partial charge on any atom is -0.493 e. The van der Waals surface area contributed by atoms with Crippen molar-refractivity contribution in [2.24, 2.45) is 5.92 Å². The van der Waals surface area contributed by atoms with Gasteiger partial charge in [0.2, 0.25) is 10.0 Å². The molecule has 1 aromatic carbocycles. The second-order valence-corrected chi connectivity index (χ2v) is 8.97. The number of hydrogen-bond acceptors (Lipinski definition) is 6. The topological polar surface area (TPSA) is 81.0 Å². The van der Waals surface area contributed by atoms with Crippen LogP contribution in [0.4, 0.5) is 0 Å². The van der Waals surface area contributed by atoms with Gasteiger partial charge in [0.25, 0.3) is 0 Å². The Bertz CT molecular complexity index is 813. The molecule has 1 atom stereocenters. The average Bonchev–Trinajstić information content (AvgIpc) is 3.22. The molecule has 1 aromatic heterocycles. The molecule has 7 nitrogen and oxygen atoms in total. The lowest BCUT2D eigenvalue weighted by Crippen LogP contribution is -2.43. The summed E-state index contributed by atoms with van der Waals surface area (Å²) in [5, 5.41) is 0. The predicted molar refractivity (Wildman–Crippen MR) is 106 cm³/mol. The first kappa shape index (κ1) is 20.9. The van der Waals surface area contributed by atoms with Gasteiger partial charge in [0.1, 0.15) is 11.5 Å². The number of nitrogens with zero attached hydrogens (tertiary/aromatic N) is 1. The van der Waals surface area contributed by atoms with E-state index in [0.29, 0.717) is 31.5 Å². The molecule has 1 fully saturated rings. The van der Waals surface area contributed by atoms with E-state index in [9.17, 15) is 8.42 Å². The Morgan fingerprint density at radius 1 is 1.14 bits per heavy atom. The molecule has 0 aliphatic carbocycles. The summed E-state index contributed by atoms with van der Waals surface area (Å²) in [6.45, 7) is 7.66. The normalized spacial score (nSPS) is 17.0. The van der Waals surface area contributed by atoms with Gasteiger partial charge in [-0.15, -0.1) is 0 Å². The van der Waals surface area contributed by atoms with Gasteiger partial charge in [0.05, 0.1) is 37.0 Å². The van der Waals surface area contributed by atoms with Gasteiger partial charge in [-0.05, 0) is 42.3 Å². The zero-order valence-corrected chi connectivity index (χ0v) is 17.2. The van der Waals surface area contributed by atoms with Crippen LogP contribution in [0.3, 0.4) is 0 Å². The van der Waals surface area contributed by atoms with Gasteiger partial charge in [0, 0.05) is 19.6 Å². The first-order valence-electron chi connectivity index (χ1n) is 9.53. The first-order chi connectivity index (χ1) is 13.5.